The van der Waals surface area contributed by atoms with Crippen molar-refractivity contribution < 1.29 is 5.11 Å². The first-order chi connectivity index (χ1) is 4.57. The summed E-state index contributed by atoms with van der Waals surface area (Å²) in [6.07, 6.45) is -0.333. The van der Waals surface area contributed by atoms with E-state index in [2.05, 4.69) is 6.07 Å². The Hall–Kier alpha value is -0.200. The van der Waals surface area contributed by atoms with Crippen molar-refractivity contribution in [3.05, 3.63) is 0 Å². The van der Waals surface area contributed by atoms with Crippen LogP contribution in [0.3, 0.4) is 0 Å². The van der Waals surface area contributed by atoms with Gasteiger partial charge in [0.15, 0.2) is 0 Å². The van der Waals surface area contributed by atoms with E-state index < -0.39 is 0 Å². The molecule has 0 amide bonds. The van der Waals surface area contributed by atoms with Gasteiger partial charge in [-0.15, -0.1) is 11.8 Å². The molecule has 3 heteroatoms. The summed E-state index contributed by atoms with van der Waals surface area (Å²) in [5.41, 5.74) is 0. The third-order valence-electron chi connectivity index (χ3n) is 1.28. The van der Waals surface area contributed by atoms with Gasteiger partial charge in [-0.25, -0.2) is 0 Å². The third-order valence-corrected chi connectivity index (χ3v) is 2.62. The van der Waals surface area contributed by atoms with Crippen LogP contribution in [0, 0.1) is 11.3 Å². The molecule has 0 saturated carbocycles. The molecule has 0 saturated heterocycles. The van der Waals surface area contributed by atoms with E-state index in [9.17, 15) is 0 Å². The molecular formula is C7H13NOS. The molecule has 0 aromatic heterocycles. The lowest BCUT2D eigenvalue weighted by atomic mass is 10.3. The molecule has 3 unspecified atom stereocenters. The lowest BCUT2D eigenvalue weighted by Crippen LogP contribution is -2.17. The Morgan fingerprint density at radius 3 is 2.20 bits per heavy atom. The number of hydrogen-bond donors (Lipinski definition) is 1. The van der Waals surface area contributed by atoms with Gasteiger partial charge in [0, 0.05) is 5.25 Å². The van der Waals surface area contributed by atoms with E-state index >= 15 is 0 Å². The van der Waals surface area contributed by atoms with Crippen molar-refractivity contribution in [1.82, 2.24) is 0 Å². The summed E-state index contributed by atoms with van der Waals surface area (Å²) >= 11 is 1.50. The number of aliphatic hydroxyl groups excluding tert-OH is 1. The first-order valence-electron chi connectivity index (χ1n) is 3.31. The number of rotatable bonds is 3. The van der Waals surface area contributed by atoms with Crippen LogP contribution >= 0.6 is 11.8 Å². The topological polar surface area (TPSA) is 44.0 Å². The van der Waals surface area contributed by atoms with E-state index in [0.717, 1.165) is 0 Å². The minimum Gasteiger partial charge on any atom is -0.392 e. The van der Waals surface area contributed by atoms with Crippen LogP contribution in [-0.2, 0) is 0 Å². The molecule has 0 aromatic rings. The normalized spacial score (nSPS) is 19.1. The van der Waals surface area contributed by atoms with Gasteiger partial charge < -0.3 is 5.11 Å². The van der Waals surface area contributed by atoms with Gasteiger partial charge in [-0.3, -0.25) is 0 Å². The number of aliphatic hydroxyl groups is 1. The zero-order chi connectivity index (χ0) is 8.15. The van der Waals surface area contributed by atoms with E-state index in [-0.39, 0.29) is 16.6 Å². The highest BCUT2D eigenvalue weighted by molar-refractivity contribution is 8.00. The molecule has 58 valence electrons. The maximum atomic E-state index is 9.04. The number of nitriles is 1. The van der Waals surface area contributed by atoms with Crippen LogP contribution in [0.1, 0.15) is 20.8 Å². The molecule has 0 fully saturated rings. The van der Waals surface area contributed by atoms with Crippen LogP contribution in [0.5, 0.6) is 0 Å². The molecule has 0 bridgehead atoms. The second-order valence-electron chi connectivity index (χ2n) is 2.35. The molecule has 0 aliphatic heterocycles. The van der Waals surface area contributed by atoms with Crippen molar-refractivity contribution in [2.75, 3.05) is 0 Å². The second-order valence-corrected chi connectivity index (χ2v) is 4.08. The molecule has 2 nitrogen and oxygen atoms in total. The van der Waals surface area contributed by atoms with Crippen LogP contribution in [0.25, 0.3) is 0 Å². The van der Waals surface area contributed by atoms with Gasteiger partial charge in [-0.1, -0.05) is 6.92 Å². The van der Waals surface area contributed by atoms with E-state index in [1.807, 2.05) is 13.8 Å². The zero-order valence-corrected chi connectivity index (χ0v) is 7.35. The lowest BCUT2D eigenvalue weighted by molar-refractivity contribution is 0.196. The summed E-state index contributed by atoms with van der Waals surface area (Å²) in [5, 5.41) is 17.6. The largest absolute Gasteiger partial charge is 0.392 e. The van der Waals surface area contributed by atoms with Gasteiger partial charge in [-0.05, 0) is 13.8 Å². The Balaban J connectivity index is 3.59. The fourth-order valence-electron chi connectivity index (χ4n) is 0.466. The minimum absolute atomic E-state index is 0.0235. The summed E-state index contributed by atoms with van der Waals surface area (Å²) in [5.74, 6) is 0. The Morgan fingerprint density at radius 2 is 1.90 bits per heavy atom. The first-order valence-corrected chi connectivity index (χ1v) is 4.25. The quantitative estimate of drug-likeness (QED) is 0.677. The highest BCUT2D eigenvalue weighted by Crippen LogP contribution is 2.18. The maximum Gasteiger partial charge on any atom is 0.0892 e. The molecule has 0 spiro atoms. The van der Waals surface area contributed by atoms with Crippen molar-refractivity contribution in [2.24, 2.45) is 0 Å². The van der Waals surface area contributed by atoms with E-state index in [4.69, 9.17) is 10.4 Å². The van der Waals surface area contributed by atoms with Crippen LogP contribution < -0.4 is 0 Å². The summed E-state index contributed by atoms with van der Waals surface area (Å²) in [4.78, 5) is 0. The highest BCUT2D eigenvalue weighted by Gasteiger charge is 2.12. The Bertz CT molecular complexity index is 130. The standard InChI is InChI=1S/C7H13NOS/c1-5(4-8)10-7(3)6(2)9/h5-7,9H,1-3H3. The van der Waals surface area contributed by atoms with E-state index in [0.29, 0.717) is 0 Å². The zero-order valence-electron chi connectivity index (χ0n) is 6.53. The van der Waals surface area contributed by atoms with Crippen molar-refractivity contribution in [3.63, 3.8) is 0 Å². The summed E-state index contributed by atoms with van der Waals surface area (Å²) in [6.45, 7) is 5.49. The Morgan fingerprint density at radius 1 is 1.40 bits per heavy atom. The summed E-state index contributed by atoms with van der Waals surface area (Å²) in [6, 6.07) is 2.10. The predicted octanol–water partition coefficient (Wildman–Crippen LogP) is 1.40. The molecule has 0 aromatic carbocycles. The van der Waals surface area contributed by atoms with Gasteiger partial charge in [0.25, 0.3) is 0 Å². The Labute approximate surface area is 66.2 Å². The molecular weight excluding hydrogens is 146 g/mol. The molecule has 0 aliphatic carbocycles. The van der Waals surface area contributed by atoms with Gasteiger partial charge >= 0.3 is 0 Å². The minimum atomic E-state index is -0.333. The molecule has 0 rings (SSSR count). The van der Waals surface area contributed by atoms with Crippen molar-refractivity contribution in [3.8, 4) is 6.07 Å². The molecule has 0 radical (unpaired) electrons. The lowest BCUT2D eigenvalue weighted by Gasteiger charge is -2.14. The SMILES string of the molecule is CC(C#N)SC(C)C(C)O. The average Bonchev–Trinajstić information content (AvgIpc) is 1.87. The van der Waals surface area contributed by atoms with Gasteiger partial charge in [0.2, 0.25) is 0 Å². The molecule has 1 N–H and O–H groups in total. The van der Waals surface area contributed by atoms with Crippen molar-refractivity contribution in [1.29, 1.82) is 5.26 Å². The van der Waals surface area contributed by atoms with E-state index in [1.165, 1.54) is 11.8 Å². The van der Waals surface area contributed by atoms with Gasteiger partial charge in [-0.2, -0.15) is 5.26 Å². The van der Waals surface area contributed by atoms with Crippen LogP contribution in [0.2, 0.25) is 0 Å². The van der Waals surface area contributed by atoms with Crippen LogP contribution in [0.4, 0.5) is 0 Å². The fourth-order valence-corrected chi connectivity index (χ4v) is 1.40. The highest BCUT2D eigenvalue weighted by atomic mass is 32.2. The van der Waals surface area contributed by atoms with Gasteiger partial charge in [0.1, 0.15) is 0 Å². The number of thioether (sulfide) groups is 1. The molecule has 3 atom stereocenters. The van der Waals surface area contributed by atoms with Crippen LogP contribution in [0.15, 0.2) is 0 Å². The first kappa shape index (κ1) is 9.80. The van der Waals surface area contributed by atoms with Crippen molar-refractivity contribution >= 4 is 11.8 Å². The molecule has 0 aliphatic rings. The third kappa shape index (κ3) is 3.76. The Kier molecular flexibility index (Phi) is 4.50. The summed E-state index contributed by atoms with van der Waals surface area (Å²) in [7, 11) is 0. The molecule has 10 heavy (non-hydrogen) atoms. The predicted molar refractivity (Wildman–Crippen MR) is 43.8 cm³/mol. The summed E-state index contributed by atoms with van der Waals surface area (Å²) < 4.78 is 0. The number of nitrogens with zero attached hydrogens (tertiary/aromatic N) is 1. The monoisotopic (exact) mass is 159 g/mol. The van der Waals surface area contributed by atoms with E-state index in [1.54, 1.807) is 6.92 Å². The average molecular weight is 159 g/mol. The smallest absolute Gasteiger partial charge is 0.0892 e. The van der Waals surface area contributed by atoms with Crippen molar-refractivity contribution in [2.45, 2.75) is 37.4 Å². The van der Waals surface area contributed by atoms with Gasteiger partial charge in [0.05, 0.1) is 17.4 Å². The molecule has 0 heterocycles. The maximum absolute atomic E-state index is 9.04. The fraction of sp³-hybridized carbons (Fsp3) is 0.857. The van der Waals surface area contributed by atoms with Crippen LogP contribution in [-0.4, -0.2) is 21.7 Å². The number of hydrogen-bond acceptors (Lipinski definition) is 3. The second kappa shape index (κ2) is 4.59.